The quantitative estimate of drug-likeness (QED) is 0.400. The fraction of sp³-hybridized carbons (Fsp3) is 0.400. The van der Waals surface area contributed by atoms with Crippen LogP contribution in [0.5, 0.6) is 0 Å². The van der Waals surface area contributed by atoms with Crippen molar-refractivity contribution in [2.75, 3.05) is 6.61 Å². The Hall–Kier alpha value is -2.07. The fourth-order valence-electron chi connectivity index (χ4n) is 0.625. The van der Waals surface area contributed by atoms with Crippen LogP contribution in [0.15, 0.2) is 17.8 Å². The summed E-state index contributed by atoms with van der Waals surface area (Å²) in [7, 11) is 0. The molecule has 0 unspecified atom stereocenters. The Bertz CT molecular complexity index is 330. The van der Waals surface area contributed by atoms with E-state index >= 15 is 0 Å². The van der Waals surface area contributed by atoms with Crippen molar-refractivity contribution in [3.8, 4) is 0 Å². The van der Waals surface area contributed by atoms with Gasteiger partial charge >= 0.3 is 23.9 Å². The van der Waals surface area contributed by atoms with Gasteiger partial charge in [0.2, 0.25) is 0 Å². The third kappa shape index (κ3) is 8.52. The summed E-state index contributed by atoms with van der Waals surface area (Å²) in [6.07, 6.45) is 1.25. The van der Waals surface area contributed by atoms with Crippen LogP contribution in [-0.4, -0.2) is 24.5 Å². The van der Waals surface area contributed by atoms with Crippen molar-refractivity contribution in [2.45, 2.75) is 20.8 Å². The zero-order valence-corrected chi connectivity index (χ0v) is 9.23. The molecule has 6 heteroatoms. The second-order valence-electron chi connectivity index (χ2n) is 2.63. The van der Waals surface area contributed by atoms with E-state index in [1.807, 2.05) is 0 Å². The topological polar surface area (TPSA) is 78.9 Å². The number of ether oxygens (including phenoxy) is 3. The minimum absolute atomic E-state index is 0.0542. The summed E-state index contributed by atoms with van der Waals surface area (Å²) in [6.45, 7) is 3.49. The molecule has 0 aliphatic rings. The SMILES string of the molecule is CC(=O)OCC=C=C(OC(C)=O)OC(C)=O. The molecule has 6 nitrogen and oxygen atoms in total. The lowest BCUT2D eigenvalue weighted by Gasteiger charge is -2.01. The average molecular weight is 228 g/mol. The summed E-state index contributed by atoms with van der Waals surface area (Å²) < 4.78 is 13.6. The first kappa shape index (κ1) is 13.9. The van der Waals surface area contributed by atoms with Crippen LogP contribution in [0.1, 0.15) is 20.8 Å². The average Bonchev–Trinajstić information content (AvgIpc) is 2.09. The largest absolute Gasteiger partial charge is 0.461 e. The minimum Gasteiger partial charge on any atom is -0.461 e. The monoisotopic (exact) mass is 228 g/mol. The van der Waals surface area contributed by atoms with Gasteiger partial charge in [0.1, 0.15) is 6.61 Å². The maximum atomic E-state index is 10.6. The fourth-order valence-corrected chi connectivity index (χ4v) is 0.625. The molecule has 0 saturated carbocycles. The van der Waals surface area contributed by atoms with Gasteiger partial charge in [-0.15, -0.1) is 0 Å². The van der Waals surface area contributed by atoms with Gasteiger partial charge in [0.25, 0.3) is 0 Å². The zero-order chi connectivity index (χ0) is 12.6. The van der Waals surface area contributed by atoms with Crippen LogP contribution >= 0.6 is 0 Å². The zero-order valence-electron chi connectivity index (χ0n) is 9.23. The number of hydrogen-bond acceptors (Lipinski definition) is 6. The van der Waals surface area contributed by atoms with Crippen molar-refractivity contribution in [3.05, 3.63) is 17.8 Å². The van der Waals surface area contributed by atoms with E-state index in [4.69, 9.17) is 0 Å². The molecule has 0 rings (SSSR count). The summed E-state index contributed by atoms with van der Waals surface area (Å²) >= 11 is 0. The molecule has 0 aliphatic heterocycles. The van der Waals surface area contributed by atoms with E-state index in [0.29, 0.717) is 0 Å². The Balaban J connectivity index is 4.46. The van der Waals surface area contributed by atoms with Gasteiger partial charge in [-0.05, 0) is 5.73 Å². The van der Waals surface area contributed by atoms with Crippen molar-refractivity contribution < 1.29 is 28.6 Å². The first-order valence-corrected chi connectivity index (χ1v) is 4.37. The molecule has 0 aliphatic carbocycles. The van der Waals surface area contributed by atoms with Gasteiger partial charge in [-0.3, -0.25) is 14.4 Å². The van der Waals surface area contributed by atoms with Gasteiger partial charge < -0.3 is 14.2 Å². The minimum atomic E-state index is -0.648. The molecule has 0 aromatic carbocycles. The second-order valence-corrected chi connectivity index (χ2v) is 2.63. The summed E-state index contributed by atoms with van der Waals surface area (Å²) in [5.74, 6) is -2.14. The Morgan fingerprint density at radius 1 is 1.00 bits per heavy atom. The molecule has 0 heterocycles. The highest BCUT2D eigenvalue weighted by molar-refractivity contribution is 5.69. The molecule has 88 valence electrons. The standard InChI is InChI=1S/C10H12O6/c1-7(11)14-6-4-5-10(15-8(2)12)16-9(3)13/h4H,6H2,1-3H3. The van der Waals surface area contributed by atoms with Gasteiger partial charge in [0.15, 0.2) is 0 Å². The first-order chi connectivity index (χ1) is 7.41. The molecule has 0 aromatic heterocycles. The second kappa shape index (κ2) is 7.25. The Morgan fingerprint density at radius 2 is 1.50 bits per heavy atom. The van der Waals surface area contributed by atoms with E-state index < -0.39 is 17.9 Å². The van der Waals surface area contributed by atoms with Crippen molar-refractivity contribution in [1.29, 1.82) is 0 Å². The highest BCUT2D eigenvalue weighted by atomic mass is 16.7. The van der Waals surface area contributed by atoms with E-state index in [1.165, 1.54) is 13.0 Å². The third-order valence-corrected chi connectivity index (χ3v) is 1.06. The van der Waals surface area contributed by atoms with Crippen LogP contribution in [0.2, 0.25) is 0 Å². The predicted molar refractivity (Wildman–Crippen MR) is 51.8 cm³/mol. The summed E-state index contributed by atoms with van der Waals surface area (Å²) in [5, 5.41) is 0. The van der Waals surface area contributed by atoms with Crippen molar-refractivity contribution >= 4 is 17.9 Å². The highest BCUT2D eigenvalue weighted by Crippen LogP contribution is 1.99. The van der Waals surface area contributed by atoms with Gasteiger partial charge in [-0.25, -0.2) is 0 Å². The van der Waals surface area contributed by atoms with E-state index in [-0.39, 0.29) is 12.6 Å². The molecule has 0 aromatic rings. The summed E-state index contributed by atoms with van der Waals surface area (Å²) in [6, 6.07) is 0. The highest BCUT2D eigenvalue weighted by Gasteiger charge is 2.05. The molecule has 0 amide bonds. The van der Waals surface area contributed by atoms with Crippen molar-refractivity contribution in [1.82, 2.24) is 0 Å². The van der Waals surface area contributed by atoms with Gasteiger partial charge in [-0.2, -0.15) is 0 Å². The van der Waals surface area contributed by atoms with Crippen molar-refractivity contribution in [2.24, 2.45) is 0 Å². The molecule has 0 bridgehead atoms. The lowest BCUT2D eigenvalue weighted by atomic mass is 10.6. The van der Waals surface area contributed by atoms with Crippen LogP contribution in [0.25, 0.3) is 0 Å². The number of carbonyl (C=O) groups is 3. The number of esters is 3. The van der Waals surface area contributed by atoms with E-state index in [1.54, 1.807) is 0 Å². The molecule has 0 fully saturated rings. The van der Waals surface area contributed by atoms with Gasteiger partial charge in [0, 0.05) is 26.8 Å². The molecule has 0 radical (unpaired) electrons. The van der Waals surface area contributed by atoms with Crippen LogP contribution in [0, 0.1) is 0 Å². The first-order valence-electron chi connectivity index (χ1n) is 4.37. The van der Waals surface area contributed by atoms with Crippen LogP contribution in [0.3, 0.4) is 0 Å². The lowest BCUT2D eigenvalue weighted by Crippen LogP contribution is -2.05. The van der Waals surface area contributed by atoms with E-state index in [2.05, 4.69) is 19.9 Å². The van der Waals surface area contributed by atoms with Gasteiger partial charge in [-0.1, -0.05) is 0 Å². The Morgan fingerprint density at radius 3 is 1.88 bits per heavy atom. The third-order valence-electron chi connectivity index (χ3n) is 1.06. The number of rotatable bonds is 4. The number of carbonyl (C=O) groups excluding carboxylic acids is 3. The number of hydrogen-bond donors (Lipinski definition) is 0. The molecule has 0 saturated heterocycles. The predicted octanol–water partition coefficient (Wildman–Crippen LogP) is 0.672. The molecular weight excluding hydrogens is 216 g/mol. The molecular formula is C10H12O6. The molecule has 0 spiro atoms. The lowest BCUT2D eigenvalue weighted by molar-refractivity contribution is -0.151. The summed E-state index contributed by atoms with van der Waals surface area (Å²) in [4.78, 5) is 31.6. The summed E-state index contributed by atoms with van der Waals surface area (Å²) in [5.41, 5.74) is 2.37. The molecule has 16 heavy (non-hydrogen) atoms. The smallest absolute Gasteiger partial charge is 0.343 e. The normalized spacial score (nSPS) is 8.44. The Kier molecular flexibility index (Phi) is 6.31. The maximum absolute atomic E-state index is 10.6. The maximum Gasteiger partial charge on any atom is 0.343 e. The van der Waals surface area contributed by atoms with Crippen LogP contribution in [0.4, 0.5) is 0 Å². The van der Waals surface area contributed by atoms with E-state index in [9.17, 15) is 14.4 Å². The van der Waals surface area contributed by atoms with Crippen molar-refractivity contribution in [3.63, 3.8) is 0 Å². The van der Waals surface area contributed by atoms with Crippen LogP contribution in [-0.2, 0) is 28.6 Å². The molecule has 0 N–H and O–H groups in total. The molecule has 0 atom stereocenters. The van der Waals surface area contributed by atoms with E-state index in [0.717, 1.165) is 13.8 Å². The van der Waals surface area contributed by atoms with Crippen LogP contribution < -0.4 is 0 Å². The van der Waals surface area contributed by atoms with Gasteiger partial charge in [0.05, 0.1) is 0 Å². The Labute approximate surface area is 92.5 Å².